The molecule has 0 unspecified atom stereocenters. The van der Waals surface area contributed by atoms with Crippen molar-refractivity contribution in [3.05, 3.63) is 27.2 Å². The summed E-state index contributed by atoms with van der Waals surface area (Å²) >= 11 is 8.57. The third-order valence-corrected chi connectivity index (χ3v) is 4.22. The molecule has 0 spiro atoms. The van der Waals surface area contributed by atoms with E-state index in [-0.39, 0.29) is 5.82 Å². The fourth-order valence-electron chi connectivity index (χ4n) is 2.43. The summed E-state index contributed by atoms with van der Waals surface area (Å²) in [6.07, 6.45) is 1.88. The van der Waals surface area contributed by atoms with Crippen molar-refractivity contribution in [2.24, 2.45) is 0 Å². The molecule has 1 aromatic carbocycles. The minimum atomic E-state index is -0.280. The summed E-state index contributed by atoms with van der Waals surface area (Å²) in [5, 5.41) is 0. The maximum Gasteiger partial charge on any atom is 0.178 e. The standard InChI is InChI=1S/C12H12BrFN2OS/c13-8-5-11-10(6-9(8)14)15-12(18)16(11)7-1-3-17-4-2-7/h5-7H,1-4H2,(H,15,18). The first-order valence-corrected chi connectivity index (χ1v) is 7.04. The Kier molecular flexibility index (Phi) is 3.25. The van der Waals surface area contributed by atoms with E-state index < -0.39 is 0 Å². The smallest absolute Gasteiger partial charge is 0.178 e. The SMILES string of the molecule is Fc1cc2[nH]c(=S)n(C3CCOCC3)c2cc1Br. The molecular formula is C12H12BrFN2OS. The molecule has 1 aromatic heterocycles. The van der Waals surface area contributed by atoms with E-state index >= 15 is 0 Å². The highest BCUT2D eigenvalue weighted by molar-refractivity contribution is 9.10. The fraction of sp³-hybridized carbons (Fsp3) is 0.417. The van der Waals surface area contributed by atoms with Gasteiger partial charge in [0.1, 0.15) is 5.82 Å². The van der Waals surface area contributed by atoms with Crippen LogP contribution in [0, 0.1) is 10.6 Å². The Morgan fingerprint density at radius 3 is 2.83 bits per heavy atom. The van der Waals surface area contributed by atoms with Crippen molar-refractivity contribution < 1.29 is 9.13 Å². The Balaban J connectivity index is 2.18. The lowest BCUT2D eigenvalue weighted by molar-refractivity contribution is 0.0702. The molecule has 1 aliphatic heterocycles. The molecule has 6 heteroatoms. The second kappa shape index (κ2) is 4.75. The number of H-pyrrole nitrogens is 1. The van der Waals surface area contributed by atoms with Gasteiger partial charge in [-0.1, -0.05) is 0 Å². The topological polar surface area (TPSA) is 29.9 Å². The summed E-state index contributed by atoms with van der Waals surface area (Å²) in [6, 6.07) is 3.59. The predicted octanol–water partition coefficient (Wildman–Crippen LogP) is 3.95. The van der Waals surface area contributed by atoms with Gasteiger partial charge in [-0.15, -0.1) is 0 Å². The average Bonchev–Trinajstić information content (AvgIpc) is 2.66. The highest BCUT2D eigenvalue weighted by atomic mass is 79.9. The summed E-state index contributed by atoms with van der Waals surface area (Å²) in [6.45, 7) is 1.50. The summed E-state index contributed by atoms with van der Waals surface area (Å²) < 4.78 is 22.1. The lowest BCUT2D eigenvalue weighted by Gasteiger charge is -2.24. The second-order valence-corrected chi connectivity index (χ2v) is 5.67. The number of nitrogens with zero attached hydrogens (tertiary/aromatic N) is 1. The summed E-state index contributed by atoms with van der Waals surface area (Å²) in [5.41, 5.74) is 1.69. The Labute approximate surface area is 117 Å². The zero-order chi connectivity index (χ0) is 12.7. The van der Waals surface area contributed by atoms with Crippen molar-refractivity contribution in [3.63, 3.8) is 0 Å². The Bertz CT molecular complexity index is 645. The van der Waals surface area contributed by atoms with E-state index in [0.29, 0.717) is 15.3 Å². The third-order valence-electron chi connectivity index (χ3n) is 3.31. The molecule has 0 bridgehead atoms. The normalized spacial score (nSPS) is 17.4. The van der Waals surface area contributed by atoms with Gasteiger partial charge in [0.05, 0.1) is 15.5 Å². The van der Waals surface area contributed by atoms with Gasteiger partial charge in [-0.3, -0.25) is 0 Å². The number of aromatic amines is 1. The zero-order valence-electron chi connectivity index (χ0n) is 9.58. The van der Waals surface area contributed by atoms with Gasteiger partial charge in [0.2, 0.25) is 0 Å². The van der Waals surface area contributed by atoms with Gasteiger partial charge in [-0.05, 0) is 47.1 Å². The van der Waals surface area contributed by atoms with Crippen LogP contribution in [-0.2, 0) is 4.74 Å². The molecular weight excluding hydrogens is 319 g/mol. The van der Waals surface area contributed by atoms with E-state index in [1.807, 2.05) is 0 Å². The van der Waals surface area contributed by atoms with Crippen molar-refractivity contribution >= 4 is 39.2 Å². The monoisotopic (exact) mass is 330 g/mol. The molecule has 0 atom stereocenters. The number of halogens is 2. The molecule has 0 amide bonds. The van der Waals surface area contributed by atoms with Crippen LogP contribution >= 0.6 is 28.1 Å². The van der Waals surface area contributed by atoms with E-state index in [2.05, 4.69) is 25.5 Å². The minimum Gasteiger partial charge on any atom is -0.381 e. The maximum absolute atomic E-state index is 13.5. The highest BCUT2D eigenvalue weighted by Gasteiger charge is 2.19. The van der Waals surface area contributed by atoms with Crippen LogP contribution in [0.2, 0.25) is 0 Å². The molecule has 18 heavy (non-hydrogen) atoms. The summed E-state index contributed by atoms with van der Waals surface area (Å²) in [7, 11) is 0. The Morgan fingerprint density at radius 2 is 2.11 bits per heavy atom. The first kappa shape index (κ1) is 12.3. The van der Waals surface area contributed by atoms with Crippen LogP contribution in [0.3, 0.4) is 0 Å². The number of ether oxygens (including phenoxy) is 1. The zero-order valence-corrected chi connectivity index (χ0v) is 12.0. The van der Waals surface area contributed by atoms with Gasteiger partial charge in [0.25, 0.3) is 0 Å². The number of hydrogen-bond donors (Lipinski definition) is 1. The highest BCUT2D eigenvalue weighted by Crippen LogP contribution is 2.29. The molecule has 1 N–H and O–H groups in total. The quantitative estimate of drug-likeness (QED) is 0.802. The molecule has 1 saturated heterocycles. The van der Waals surface area contributed by atoms with Gasteiger partial charge >= 0.3 is 0 Å². The van der Waals surface area contributed by atoms with Gasteiger partial charge in [0.15, 0.2) is 4.77 Å². The van der Waals surface area contributed by atoms with Crippen LogP contribution in [0.25, 0.3) is 11.0 Å². The largest absolute Gasteiger partial charge is 0.381 e. The first-order chi connectivity index (χ1) is 8.66. The third kappa shape index (κ3) is 2.02. The second-order valence-electron chi connectivity index (χ2n) is 4.43. The molecule has 3 rings (SSSR count). The van der Waals surface area contributed by atoms with Crippen molar-refractivity contribution in [2.45, 2.75) is 18.9 Å². The Hall–Kier alpha value is -0.720. The molecule has 2 aromatic rings. The Morgan fingerprint density at radius 1 is 1.39 bits per heavy atom. The number of rotatable bonds is 1. The van der Waals surface area contributed by atoms with Crippen LogP contribution in [0.4, 0.5) is 4.39 Å². The van der Waals surface area contributed by atoms with Crippen LogP contribution < -0.4 is 0 Å². The van der Waals surface area contributed by atoms with Crippen LogP contribution in [0.5, 0.6) is 0 Å². The van der Waals surface area contributed by atoms with E-state index in [1.54, 1.807) is 6.07 Å². The first-order valence-electron chi connectivity index (χ1n) is 5.84. The molecule has 1 fully saturated rings. The number of benzene rings is 1. The molecule has 1 aliphatic rings. The van der Waals surface area contributed by atoms with Crippen LogP contribution in [-0.4, -0.2) is 22.8 Å². The molecule has 0 saturated carbocycles. The number of aromatic nitrogens is 2. The molecule has 0 radical (unpaired) electrons. The van der Waals surface area contributed by atoms with Crippen LogP contribution in [0.15, 0.2) is 16.6 Å². The number of nitrogens with one attached hydrogen (secondary N) is 1. The van der Waals surface area contributed by atoms with Crippen molar-refractivity contribution in [3.8, 4) is 0 Å². The van der Waals surface area contributed by atoms with E-state index in [1.165, 1.54) is 6.07 Å². The molecule has 2 heterocycles. The van der Waals surface area contributed by atoms with Crippen molar-refractivity contribution in [1.82, 2.24) is 9.55 Å². The van der Waals surface area contributed by atoms with Gasteiger partial charge in [0, 0.05) is 25.3 Å². The predicted molar refractivity (Wildman–Crippen MR) is 73.9 cm³/mol. The molecule has 3 nitrogen and oxygen atoms in total. The number of fused-ring (bicyclic) bond motifs is 1. The van der Waals surface area contributed by atoms with E-state index in [4.69, 9.17) is 17.0 Å². The molecule has 96 valence electrons. The lowest BCUT2D eigenvalue weighted by Crippen LogP contribution is -2.19. The maximum atomic E-state index is 13.5. The van der Waals surface area contributed by atoms with Crippen molar-refractivity contribution in [2.75, 3.05) is 13.2 Å². The van der Waals surface area contributed by atoms with Gasteiger partial charge in [-0.25, -0.2) is 4.39 Å². The van der Waals surface area contributed by atoms with Gasteiger partial charge in [-0.2, -0.15) is 0 Å². The number of imidazole rings is 1. The van der Waals surface area contributed by atoms with E-state index in [9.17, 15) is 4.39 Å². The van der Waals surface area contributed by atoms with Crippen LogP contribution in [0.1, 0.15) is 18.9 Å². The summed E-state index contributed by atoms with van der Waals surface area (Å²) in [4.78, 5) is 3.07. The fourth-order valence-corrected chi connectivity index (χ4v) is 3.12. The lowest BCUT2D eigenvalue weighted by atomic mass is 10.1. The average molecular weight is 331 g/mol. The van der Waals surface area contributed by atoms with E-state index in [0.717, 1.165) is 37.1 Å². The van der Waals surface area contributed by atoms with Gasteiger partial charge < -0.3 is 14.3 Å². The number of hydrogen-bond acceptors (Lipinski definition) is 2. The minimum absolute atomic E-state index is 0.280. The molecule has 0 aliphatic carbocycles. The summed E-state index contributed by atoms with van der Waals surface area (Å²) in [5.74, 6) is -0.280. The van der Waals surface area contributed by atoms with Crippen molar-refractivity contribution in [1.29, 1.82) is 0 Å².